The quantitative estimate of drug-likeness (QED) is 0.241. The van der Waals surface area contributed by atoms with Crippen molar-refractivity contribution in [2.75, 3.05) is 20.0 Å². The molecule has 6 atom stereocenters. The predicted molar refractivity (Wildman–Crippen MR) is 112 cm³/mol. The standard InChI is InChI=1S/C23H48O3/c1-8-25-17-26-11-9-10-18(2)12-19(3)13-20(4)14-21(5)15-22(6)16-23(7)24/h18-24H,8-17H2,1-7H3. The molecule has 3 nitrogen and oxygen atoms in total. The molecule has 3 heteroatoms. The van der Waals surface area contributed by atoms with E-state index in [1.54, 1.807) is 0 Å². The fourth-order valence-corrected chi connectivity index (χ4v) is 4.57. The summed E-state index contributed by atoms with van der Waals surface area (Å²) in [6, 6.07) is 0. The van der Waals surface area contributed by atoms with Crippen LogP contribution in [0.2, 0.25) is 0 Å². The second kappa shape index (κ2) is 15.9. The third-order valence-electron chi connectivity index (χ3n) is 5.32. The Labute approximate surface area is 164 Å². The lowest BCUT2D eigenvalue weighted by Gasteiger charge is -2.24. The number of hydrogen-bond donors (Lipinski definition) is 1. The zero-order chi connectivity index (χ0) is 19.9. The maximum absolute atomic E-state index is 9.52. The molecule has 0 aromatic rings. The summed E-state index contributed by atoms with van der Waals surface area (Å²) in [6.45, 7) is 17.7. The summed E-state index contributed by atoms with van der Waals surface area (Å²) in [6.07, 6.45) is 8.35. The van der Waals surface area contributed by atoms with Gasteiger partial charge >= 0.3 is 0 Å². The van der Waals surface area contributed by atoms with E-state index in [1.807, 2.05) is 13.8 Å². The summed E-state index contributed by atoms with van der Waals surface area (Å²) in [4.78, 5) is 0. The van der Waals surface area contributed by atoms with Crippen molar-refractivity contribution >= 4 is 0 Å². The van der Waals surface area contributed by atoms with Crippen LogP contribution in [0.5, 0.6) is 0 Å². The third kappa shape index (κ3) is 16.1. The van der Waals surface area contributed by atoms with Gasteiger partial charge in [0.2, 0.25) is 0 Å². The van der Waals surface area contributed by atoms with Gasteiger partial charge in [-0.3, -0.25) is 0 Å². The average molecular weight is 373 g/mol. The van der Waals surface area contributed by atoms with Gasteiger partial charge in [-0.2, -0.15) is 0 Å². The van der Waals surface area contributed by atoms with Gasteiger partial charge in [0.05, 0.1) is 6.10 Å². The summed E-state index contributed by atoms with van der Waals surface area (Å²) in [5.41, 5.74) is 0. The van der Waals surface area contributed by atoms with Crippen LogP contribution in [0.15, 0.2) is 0 Å². The van der Waals surface area contributed by atoms with Crippen molar-refractivity contribution in [3.05, 3.63) is 0 Å². The number of aliphatic hydroxyl groups is 1. The first-order valence-corrected chi connectivity index (χ1v) is 11.1. The van der Waals surface area contributed by atoms with E-state index in [1.165, 1.54) is 32.1 Å². The highest BCUT2D eigenvalue weighted by molar-refractivity contribution is 4.68. The van der Waals surface area contributed by atoms with E-state index < -0.39 is 0 Å². The molecule has 6 unspecified atom stereocenters. The van der Waals surface area contributed by atoms with Crippen LogP contribution in [0.3, 0.4) is 0 Å². The van der Waals surface area contributed by atoms with Gasteiger partial charge in [0.1, 0.15) is 6.79 Å². The van der Waals surface area contributed by atoms with Gasteiger partial charge in [0.15, 0.2) is 0 Å². The maximum Gasteiger partial charge on any atom is 0.146 e. The summed E-state index contributed by atoms with van der Waals surface area (Å²) in [7, 11) is 0. The Bertz CT molecular complexity index is 306. The molecular weight excluding hydrogens is 324 g/mol. The summed E-state index contributed by atoms with van der Waals surface area (Å²) >= 11 is 0. The molecular formula is C23H48O3. The van der Waals surface area contributed by atoms with Crippen LogP contribution in [0.1, 0.15) is 93.4 Å². The Kier molecular flexibility index (Phi) is 15.8. The fourth-order valence-electron chi connectivity index (χ4n) is 4.57. The predicted octanol–water partition coefficient (Wildman–Crippen LogP) is 6.29. The van der Waals surface area contributed by atoms with E-state index >= 15 is 0 Å². The Morgan fingerprint density at radius 3 is 1.58 bits per heavy atom. The van der Waals surface area contributed by atoms with E-state index in [0.29, 0.717) is 12.7 Å². The van der Waals surface area contributed by atoms with Crippen LogP contribution in [0.4, 0.5) is 0 Å². The van der Waals surface area contributed by atoms with Gasteiger partial charge in [-0.25, -0.2) is 0 Å². The molecule has 0 radical (unpaired) electrons. The van der Waals surface area contributed by atoms with Crippen molar-refractivity contribution in [1.82, 2.24) is 0 Å². The molecule has 0 aliphatic rings. The monoisotopic (exact) mass is 372 g/mol. The van der Waals surface area contributed by atoms with E-state index in [-0.39, 0.29) is 6.10 Å². The number of aliphatic hydroxyl groups excluding tert-OH is 1. The molecule has 1 N–H and O–H groups in total. The minimum atomic E-state index is -0.166. The van der Waals surface area contributed by atoms with E-state index in [2.05, 4.69) is 34.6 Å². The first kappa shape index (κ1) is 25.9. The van der Waals surface area contributed by atoms with Gasteiger partial charge in [-0.15, -0.1) is 0 Å². The topological polar surface area (TPSA) is 38.7 Å². The van der Waals surface area contributed by atoms with Crippen molar-refractivity contribution in [3.63, 3.8) is 0 Å². The normalized spacial score (nSPS) is 18.9. The minimum absolute atomic E-state index is 0.166. The van der Waals surface area contributed by atoms with Crippen LogP contribution in [0.25, 0.3) is 0 Å². The van der Waals surface area contributed by atoms with Crippen LogP contribution >= 0.6 is 0 Å². The number of hydrogen-bond acceptors (Lipinski definition) is 3. The SMILES string of the molecule is CCOCOCCCC(C)CC(C)CC(C)CC(C)CC(C)CC(C)O. The van der Waals surface area contributed by atoms with Crippen molar-refractivity contribution in [2.24, 2.45) is 29.6 Å². The molecule has 0 heterocycles. The molecule has 0 aliphatic carbocycles. The third-order valence-corrected chi connectivity index (χ3v) is 5.32. The van der Waals surface area contributed by atoms with Crippen LogP contribution < -0.4 is 0 Å². The van der Waals surface area contributed by atoms with Crippen molar-refractivity contribution in [3.8, 4) is 0 Å². The minimum Gasteiger partial charge on any atom is -0.393 e. The fraction of sp³-hybridized carbons (Fsp3) is 1.00. The lowest BCUT2D eigenvalue weighted by molar-refractivity contribution is -0.0508. The second-order valence-electron chi connectivity index (χ2n) is 9.21. The first-order valence-electron chi connectivity index (χ1n) is 11.1. The molecule has 0 aromatic carbocycles. The maximum atomic E-state index is 9.52. The Hall–Kier alpha value is -0.120. The molecule has 0 saturated carbocycles. The van der Waals surface area contributed by atoms with Crippen LogP contribution in [-0.4, -0.2) is 31.2 Å². The smallest absolute Gasteiger partial charge is 0.146 e. The number of rotatable bonds is 17. The molecule has 0 rings (SSSR count). The molecule has 0 spiro atoms. The van der Waals surface area contributed by atoms with Crippen LogP contribution in [0, 0.1) is 29.6 Å². The van der Waals surface area contributed by atoms with Gasteiger partial charge in [-0.05, 0) is 88.4 Å². The summed E-state index contributed by atoms with van der Waals surface area (Å²) in [5, 5.41) is 9.52. The summed E-state index contributed by atoms with van der Waals surface area (Å²) < 4.78 is 10.6. The highest BCUT2D eigenvalue weighted by Crippen LogP contribution is 2.28. The highest BCUT2D eigenvalue weighted by Gasteiger charge is 2.17. The molecule has 0 saturated heterocycles. The Balaban J connectivity index is 3.83. The largest absolute Gasteiger partial charge is 0.393 e. The Morgan fingerprint density at radius 1 is 0.654 bits per heavy atom. The molecule has 0 aliphatic heterocycles. The van der Waals surface area contributed by atoms with Crippen LogP contribution in [-0.2, 0) is 9.47 Å². The molecule has 0 amide bonds. The molecule has 0 aromatic heterocycles. The molecule has 158 valence electrons. The highest BCUT2D eigenvalue weighted by atomic mass is 16.7. The zero-order valence-electron chi connectivity index (χ0n) is 18.8. The van der Waals surface area contributed by atoms with Gasteiger partial charge < -0.3 is 14.6 Å². The lowest BCUT2D eigenvalue weighted by atomic mass is 9.82. The van der Waals surface area contributed by atoms with Crippen molar-refractivity contribution in [1.29, 1.82) is 0 Å². The lowest BCUT2D eigenvalue weighted by Crippen LogP contribution is -2.14. The van der Waals surface area contributed by atoms with E-state index in [0.717, 1.165) is 49.7 Å². The molecule has 0 bridgehead atoms. The summed E-state index contributed by atoms with van der Waals surface area (Å²) in [5.74, 6) is 3.74. The number of ether oxygens (including phenoxy) is 2. The second-order valence-corrected chi connectivity index (χ2v) is 9.21. The zero-order valence-corrected chi connectivity index (χ0v) is 18.8. The first-order chi connectivity index (χ1) is 12.2. The average Bonchev–Trinajstić information content (AvgIpc) is 2.48. The molecule has 0 fully saturated rings. The van der Waals surface area contributed by atoms with Crippen molar-refractivity contribution in [2.45, 2.75) is 99.5 Å². The molecule has 26 heavy (non-hydrogen) atoms. The van der Waals surface area contributed by atoms with E-state index in [9.17, 15) is 5.11 Å². The van der Waals surface area contributed by atoms with E-state index in [4.69, 9.17) is 9.47 Å². The van der Waals surface area contributed by atoms with Gasteiger partial charge in [0.25, 0.3) is 0 Å². The van der Waals surface area contributed by atoms with Crippen molar-refractivity contribution < 1.29 is 14.6 Å². The van der Waals surface area contributed by atoms with Gasteiger partial charge in [-0.1, -0.05) is 34.6 Å². The Morgan fingerprint density at radius 2 is 1.12 bits per heavy atom. The van der Waals surface area contributed by atoms with Gasteiger partial charge in [0, 0.05) is 13.2 Å².